The van der Waals surface area contributed by atoms with Crippen LogP contribution < -0.4 is 0 Å². The fourth-order valence-corrected chi connectivity index (χ4v) is 2.96. The summed E-state index contributed by atoms with van der Waals surface area (Å²) in [5.74, 6) is 0.431. The standard InChI is InChI=1S/C18H18/c1-12-7-9-15(10-8-12)17-11-14(3)18-13(2)5-4-6-16(17)18/h4-11,17H,1-3H3. The lowest BCUT2D eigenvalue weighted by Gasteiger charge is -2.13. The predicted molar refractivity (Wildman–Crippen MR) is 77.9 cm³/mol. The third-order valence-corrected chi connectivity index (χ3v) is 3.89. The maximum Gasteiger partial charge on any atom is 0.0281 e. The molecule has 0 fully saturated rings. The summed E-state index contributed by atoms with van der Waals surface area (Å²) in [4.78, 5) is 0. The monoisotopic (exact) mass is 234 g/mol. The van der Waals surface area contributed by atoms with Crippen molar-refractivity contribution in [3.8, 4) is 0 Å². The van der Waals surface area contributed by atoms with E-state index in [1.165, 1.54) is 33.4 Å². The van der Waals surface area contributed by atoms with Gasteiger partial charge in [-0.2, -0.15) is 0 Å². The quantitative estimate of drug-likeness (QED) is 0.661. The molecule has 1 unspecified atom stereocenters. The summed E-state index contributed by atoms with van der Waals surface area (Å²) in [5, 5.41) is 0. The summed E-state index contributed by atoms with van der Waals surface area (Å²) in [6.07, 6.45) is 2.39. The molecule has 0 heterocycles. The number of hydrogen-bond acceptors (Lipinski definition) is 0. The van der Waals surface area contributed by atoms with Crippen LogP contribution in [0.15, 0.2) is 48.5 Å². The van der Waals surface area contributed by atoms with Gasteiger partial charge in [0.05, 0.1) is 0 Å². The van der Waals surface area contributed by atoms with Crippen molar-refractivity contribution in [3.05, 3.63) is 76.4 Å². The minimum absolute atomic E-state index is 0.431. The Morgan fingerprint density at radius 3 is 2.28 bits per heavy atom. The average Bonchev–Trinajstić information content (AvgIpc) is 2.69. The molecule has 3 rings (SSSR count). The molecule has 90 valence electrons. The Morgan fingerprint density at radius 2 is 1.56 bits per heavy atom. The lowest BCUT2D eigenvalue weighted by Crippen LogP contribution is -1.96. The zero-order valence-corrected chi connectivity index (χ0v) is 11.2. The van der Waals surface area contributed by atoms with E-state index in [-0.39, 0.29) is 0 Å². The van der Waals surface area contributed by atoms with Gasteiger partial charge >= 0.3 is 0 Å². The van der Waals surface area contributed by atoms with Gasteiger partial charge in [-0.3, -0.25) is 0 Å². The Balaban J connectivity index is 2.13. The molecule has 0 saturated carbocycles. The molecule has 0 aromatic heterocycles. The second-order valence-electron chi connectivity index (χ2n) is 5.28. The van der Waals surface area contributed by atoms with Crippen LogP contribution >= 0.6 is 0 Å². The lowest BCUT2D eigenvalue weighted by molar-refractivity contribution is 1.04. The smallest absolute Gasteiger partial charge is 0.0281 e. The Hall–Kier alpha value is -1.82. The van der Waals surface area contributed by atoms with E-state index in [9.17, 15) is 0 Å². The van der Waals surface area contributed by atoms with Crippen molar-refractivity contribution in [1.82, 2.24) is 0 Å². The van der Waals surface area contributed by atoms with Gasteiger partial charge in [-0.05, 0) is 48.6 Å². The van der Waals surface area contributed by atoms with E-state index in [2.05, 4.69) is 69.3 Å². The predicted octanol–water partition coefficient (Wildman–Crippen LogP) is 4.85. The number of hydrogen-bond donors (Lipinski definition) is 0. The lowest BCUT2D eigenvalue weighted by atomic mass is 9.91. The van der Waals surface area contributed by atoms with E-state index in [0.29, 0.717) is 5.92 Å². The molecule has 0 spiro atoms. The fourth-order valence-electron chi connectivity index (χ4n) is 2.96. The third kappa shape index (κ3) is 1.69. The molecular weight excluding hydrogens is 216 g/mol. The summed E-state index contributed by atoms with van der Waals surface area (Å²) in [6, 6.07) is 15.5. The number of allylic oxidation sites excluding steroid dienone is 2. The molecule has 1 aliphatic carbocycles. The van der Waals surface area contributed by atoms with Crippen LogP contribution in [0.5, 0.6) is 0 Å². The highest BCUT2D eigenvalue weighted by Crippen LogP contribution is 2.41. The zero-order valence-electron chi connectivity index (χ0n) is 11.2. The van der Waals surface area contributed by atoms with E-state index < -0.39 is 0 Å². The molecule has 0 bridgehead atoms. The maximum absolute atomic E-state index is 2.39. The number of aryl methyl sites for hydroxylation is 2. The first kappa shape index (κ1) is 11.3. The maximum atomic E-state index is 2.39. The first-order valence-corrected chi connectivity index (χ1v) is 6.51. The van der Waals surface area contributed by atoms with Gasteiger partial charge in [-0.1, -0.05) is 54.1 Å². The summed E-state index contributed by atoms with van der Waals surface area (Å²) in [6.45, 7) is 6.56. The zero-order chi connectivity index (χ0) is 12.7. The second kappa shape index (κ2) is 4.13. The molecule has 0 aliphatic heterocycles. The van der Waals surface area contributed by atoms with Gasteiger partial charge in [0.1, 0.15) is 0 Å². The van der Waals surface area contributed by atoms with Gasteiger partial charge in [0.25, 0.3) is 0 Å². The van der Waals surface area contributed by atoms with Crippen molar-refractivity contribution >= 4 is 5.57 Å². The summed E-state index contributed by atoms with van der Waals surface area (Å²) >= 11 is 0. The molecule has 0 radical (unpaired) electrons. The van der Waals surface area contributed by atoms with Crippen LogP contribution in [0.25, 0.3) is 5.57 Å². The van der Waals surface area contributed by atoms with Crippen molar-refractivity contribution in [3.63, 3.8) is 0 Å². The first-order chi connectivity index (χ1) is 8.66. The van der Waals surface area contributed by atoms with E-state index >= 15 is 0 Å². The SMILES string of the molecule is CC1=CC(c2ccc(C)cc2)c2cccc(C)c21. The van der Waals surface area contributed by atoms with Crippen LogP contribution in [0.1, 0.15) is 40.7 Å². The second-order valence-corrected chi connectivity index (χ2v) is 5.28. The number of rotatable bonds is 1. The summed E-state index contributed by atoms with van der Waals surface area (Å²) < 4.78 is 0. The molecule has 0 N–H and O–H groups in total. The average molecular weight is 234 g/mol. The summed E-state index contributed by atoms with van der Waals surface area (Å²) in [5.41, 5.74) is 8.41. The molecule has 18 heavy (non-hydrogen) atoms. The topological polar surface area (TPSA) is 0 Å². The van der Waals surface area contributed by atoms with Crippen molar-refractivity contribution in [2.24, 2.45) is 0 Å². The number of fused-ring (bicyclic) bond motifs is 1. The highest BCUT2D eigenvalue weighted by Gasteiger charge is 2.23. The highest BCUT2D eigenvalue weighted by molar-refractivity contribution is 5.77. The summed E-state index contributed by atoms with van der Waals surface area (Å²) in [7, 11) is 0. The van der Waals surface area contributed by atoms with Crippen LogP contribution in [0, 0.1) is 13.8 Å². The van der Waals surface area contributed by atoms with Crippen LogP contribution in [0.3, 0.4) is 0 Å². The fraction of sp³-hybridized carbons (Fsp3) is 0.222. The van der Waals surface area contributed by atoms with Crippen LogP contribution in [-0.2, 0) is 0 Å². The Labute approximate surface area is 109 Å². The molecule has 2 aromatic carbocycles. The Kier molecular flexibility index (Phi) is 2.59. The van der Waals surface area contributed by atoms with E-state index in [4.69, 9.17) is 0 Å². The van der Waals surface area contributed by atoms with Crippen LogP contribution in [0.4, 0.5) is 0 Å². The Morgan fingerprint density at radius 1 is 0.833 bits per heavy atom. The van der Waals surface area contributed by atoms with Gasteiger partial charge in [0.2, 0.25) is 0 Å². The molecule has 2 aromatic rings. The Bertz CT molecular complexity index is 615. The highest BCUT2D eigenvalue weighted by atomic mass is 14.3. The molecule has 0 nitrogen and oxygen atoms in total. The van der Waals surface area contributed by atoms with Crippen molar-refractivity contribution in [1.29, 1.82) is 0 Å². The molecule has 1 atom stereocenters. The third-order valence-electron chi connectivity index (χ3n) is 3.89. The van der Waals surface area contributed by atoms with Crippen LogP contribution in [-0.4, -0.2) is 0 Å². The minimum atomic E-state index is 0.431. The number of benzene rings is 2. The van der Waals surface area contributed by atoms with E-state index in [1.54, 1.807) is 0 Å². The molecule has 0 saturated heterocycles. The van der Waals surface area contributed by atoms with E-state index in [0.717, 1.165) is 0 Å². The van der Waals surface area contributed by atoms with Gasteiger partial charge in [-0.25, -0.2) is 0 Å². The van der Waals surface area contributed by atoms with Gasteiger partial charge in [0, 0.05) is 5.92 Å². The van der Waals surface area contributed by atoms with Crippen molar-refractivity contribution in [2.75, 3.05) is 0 Å². The van der Waals surface area contributed by atoms with Gasteiger partial charge in [-0.15, -0.1) is 0 Å². The van der Waals surface area contributed by atoms with Gasteiger partial charge < -0.3 is 0 Å². The largest absolute Gasteiger partial charge is 0.0691 e. The molecule has 0 amide bonds. The molecule has 1 aliphatic rings. The van der Waals surface area contributed by atoms with Crippen molar-refractivity contribution < 1.29 is 0 Å². The normalized spacial score (nSPS) is 17.5. The van der Waals surface area contributed by atoms with Gasteiger partial charge in [0.15, 0.2) is 0 Å². The first-order valence-electron chi connectivity index (χ1n) is 6.51. The van der Waals surface area contributed by atoms with E-state index in [1.807, 2.05) is 0 Å². The van der Waals surface area contributed by atoms with Crippen molar-refractivity contribution in [2.45, 2.75) is 26.7 Å². The molecular formula is C18H18. The van der Waals surface area contributed by atoms with Crippen LogP contribution in [0.2, 0.25) is 0 Å². The minimum Gasteiger partial charge on any atom is -0.0691 e. The molecule has 0 heteroatoms.